The highest BCUT2D eigenvalue weighted by atomic mass is 16.5. The lowest BCUT2D eigenvalue weighted by Crippen LogP contribution is -2.45. The monoisotopic (exact) mass is 494 g/mol. The van der Waals surface area contributed by atoms with Gasteiger partial charge in [-0.05, 0) is 37.8 Å². The van der Waals surface area contributed by atoms with Crippen molar-refractivity contribution in [3.8, 4) is 22.6 Å². The van der Waals surface area contributed by atoms with E-state index in [0.29, 0.717) is 17.9 Å². The molecule has 1 saturated carbocycles. The van der Waals surface area contributed by atoms with Crippen LogP contribution in [0.15, 0.2) is 54.9 Å². The third kappa shape index (κ3) is 4.04. The van der Waals surface area contributed by atoms with Crippen molar-refractivity contribution in [2.75, 3.05) is 32.0 Å². The quantitative estimate of drug-likeness (QED) is 0.380. The Morgan fingerprint density at radius 1 is 0.892 bits per heavy atom. The topological polar surface area (TPSA) is 111 Å². The molecule has 2 fully saturated rings. The van der Waals surface area contributed by atoms with Crippen molar-refractivity contribution < 1.29 is 4.74 Å². The van der Waals surface area contributed by atoms with Crippen molar-refractivity contribution >= 4 is 27.9 Å². The van der Waals surface area contributed by atoms with E-state index in [1.54, 1.807) is 6.33 Å². The number of ether oxygens (including phenoxy) is 1. The number of benzene rings is 2. The second-order valence-electron chi connectivity index (χ2n) is 10.0. The number of nitrogens with two attached hydrogens (primary N) is 1. The maximum absolute atomic E-state index is 6.40. The summed E-state index contributed by atoms with van der Waals surface area (Å²) < 4.78 is 7.65. The molecule has 3 N–H and O–H groups in total. The number of nitrogens with zero attached hydrogens (tertiary/aromatic N) is 6. The third-order valence-electron chi connectivity index (χ3n) is 7.90. The van der Waals surface area contributed by atoms with Gasteiger partial charge in [0.15, 0.2) is 5.65 Å². The van der Waals surface area contributed by atoms with E-state index >= 15 is 0 Å². The summed E-state index contributed by atoms with van der Waals surface area (Å²) >= 11 is 0. The van der Waals surface area contributed by atoms with E-state index in [9.17, 15) is 0 Å². The van der Waals surface area contributed by atoms with Gasteiger partial charge >= 0.3 is 0 Å². The predicted octanol–water partition coefficient (Wildman–Crippen LogP) is 4.43. The van der Waals surface area contributed by atoms with Crippen LogP contribution < -0.4 is 5.73 Å². The molecule has 0 unspecified atom stereocenters. The second-order valence-corrected chi connectivity index (χ2v) is 10.0. The molecular formula is C28H30N8O. The molecule has 9 nitrogen and oxygen atoms in total. The van der Waals surface area contributed by atoms with Crippen molar-refractivity contribution in [3.63, 3.8) is 0 Å². The molecule has 0 radical (unpaired) electrons. The Morgan fingerprint density at radius 2 is 1.68 bits per heavy atom. The number of nitrogens with one attached hydrogen (secondary N) is 1. The standard InChI is InChI=1S/C28H30N8O/c29-26-24-25(19-6-11-22-23(16-19)33-27(32-22)18-4-2-1-3-5-18)34-36(28(24)31-17-30-26)21-9-7-20(8-10-21)35-12-14-37-15-13-35/h1-6,11,16-17,20-21H,7-10,12-15H2,(H,32,33)(H2,29,30,31)/t20-,21-. The van der Waals surface area contributed by atoms with Gasteiger partial charge in [0, 0.05) is 30.3 Å². The zero-order valence-electron chi connectivity index (χ0n) is 20.7. The Kier molecular flexibility index (Phi) is 5.59. The van der Waals surface area contributed by atoms with Crippen LogP contribution in [0.25, 0.3) is 44.7 Å². The number of rotatable bonds is 4. The van der Waals surface area contributed by atoms with Crippen LogP contribution in [-0.2, 0) is 4.74 Å². The van der Waals surface area contributed by atoms with Crippen LogP contribution in [0, 0.1) is 0 Å². The van der Waals surface area contributed by atoms with Crippen molar-refractivity contribution in [1.82, 2.24) is 34.6 Å². The summed E-state index contributed by atoms with van der Waals surface area (Å²) in [6.07, 6.45) is 6.00. The minimum Gasteiger partial charge on any atom is -0.383 e. The van der Waals surface area contributed by atoms with Gasteiger partial charge in [-0.25, -0.2) is 19.6 Å². The highest BCUT2D eigenvalue weighted by Gasteiger charge is 2.30. The Labute approximate surface area is 214 Å². The van der Waals surface area contributed by atoms with E-state index in [4.69, 9.17) is 20.6 Å². The number of morpholine rings is 1. The summed E-state index contributed by atoms with van der Waals surface area (Å²) in [5.74, 6) is 1.31. The van der Waals surface area contributed by atoms with Crippen LogP contribution in [-0.4, -0.2) is 67.0 Å². The van der Waals surface area contributed by atoms with Crippen molar-refractivity contribution in [2.24, 2.45) is 0 Å². The lowest BCUT2D eigenvalue weighted by molar-refractivity contribution is 0.00520. The molecule has 5 aromatic rings. The van der Waals surface area contributed by atoms with E-state index in [2.05, 4.69) is 54.9 Å². The number of aromatic amines is 1. The molecule has 9 heteroatoms. The first-order valence-electron chi connectivity index (χ1n) is 13.1. The van der Waals surface area contributed by atoms with E-state index in [0.717, 1.165) is 96.7 Å². The Bertz CT molecular complexity index is 1550. The van der Waals surface area contributed by atoms with Crippen molar-refractivity contribution in [2.45, 2.75) is 37.8 Å². The van der Waals surface area contributed by atoms with Gasteiger partial charge in [0.2, 0.25) is 0 Å². The van der Waals surface area contributed by atoms with Crippen LogP contribution in [0.4, 0.5) is 5.82 Å². The summed E-state index contributed by atoms with van der Waals surface area (Å²) in [5.41, 5.74) is 11.9. The fraction of sp³-hybridized carbons (Fsp3) is 0.357. The van der Waals surface area contributed by atoms with Crippen LogP contribution in [0.3, 0.4) is 0 Å². The number of hydrogen-bond acceptors (Lipinski definition) is 7. The molecule has 1 aliphatic heterocycles. The number of H-pyrrole nitrogens is 1. The summed E-state index contributed by atoms with van der Waals surface area (Å²) in [5, 5.41) is 5.93. The number of anilines is 1. The van der Waals surface area contributed by atoms with Crippen LogP contribution >= 0.6 is 0 Å². The summed E-state index contributed by atoms with van der Waals surface area (Å²) in [6, 6.07) is 17.3. The summed E-state index contributed by atoms with van der Waals surface area (Å²) in [4.78, 5) is 19.8. The first-order valence-corrected chi connectivity index (χ1v) is 13.1. The first-order chi connectivity index (χ1) is 18.2. The normalized spacial score (nSPS) is 21.1. The molecule has 37 heavy (non-hydrogen) atoms. The number of imidazole rings is 1. The van der Waals surface area contributed by atoms with Gasteiger partial charge in [-0.2, -0.15) is 5.10 Å². The van der Waals surface area contributed by atoms with Crippen LogP contribution in [0.1, 0.15) is 31.7 Å². The highest BCUT2D eigenvalue weighted by molar-refractivity contribution is 5.99. The maximum atomic E-state index is 6.40. The van der Waals surface area contributed by atoms with Gasteiger partial charge < -0.3 is 15.5 Å². The molecule has 1 aliphatic carbocycles. The Morgan fingerprint density at radius 3 is 2.49 bits per heavy atom. The number of aromatic nitrogens is 6. The Hall–Kier alpha value is -3.82. The maximum Gasteiger partial charge on any atom is 0.164 e. The predicted molar refractivity (Wildman–Crippen MR) is 144 cm³/mol. The average molecular weight is 495 g/mol. The molecule has 4 heterocycles. The van der Waals surface area contributed by atoms with Gasteiger partial charge in [-0.1, -0.05) is 36.4 Å². The molecule has 0 amide bonds. The van der Waals surface area contributed by atoms with Gasteiger partial charge in [0.25, 0.3) is 0 Å². The fourth-order valence-electron chi connectivity index (χ4n) is 5.95. The summed E-state index contributed by atoms with van der Waals surface area (Å²) in [7, 11) is 0. The van der Waals surface area contributed by atoms with E-state index in [-0.39, 0.29) is 0 Å². The van der Waals surface area contributed by atoms with Crippen molar-refractivity contribution in [3.05, 3.63) is 54.9 Å². The Balaban J connectivity index is 1.23. The lowest BCUT2D eigenvalue weighted by atomic mass is 9.90. The molecule has 2 aliphatic rings. The zero-order chi connectivity index (χ0) is 24.8. The minimum atomic E-state index is 0.293. The molecule has 188 valence electrons. The van der Waals surface area contributed by atoms with E-state index in [1.165, 1.54) is 0 Å². The van der Waals surface area contributed by atoms with E-state index < -0.39 is 0 Å². The summed E-state index contributed by atoms with van der Waals surface area (Å²) in [6.45, 7) is 3.76. The van der Waals surface area contributed by atoms with E-state index in [1.807, 2.05) is 18.2 Å². The fourth-order valence-corrected chi connectivity index (χ4v) is 5.95. The second kappa shape index (κ2) is 9.24. The molecule has 1 saturated heterocycles. The zero-order valence-corrected chi connectivity index (χ0v) is 20.7. The lowest BCUT2D eigenvalue weighted by Gasteiger charge is -2.38. The smallest absolute Gasteiger partial charge is 0.164 e. The third-order valence-corrected chi connectivity index (χ3v) is 7.90. The number of nitrogen functional groups attached to an aromatic ring is 1. The minimum absolute atomic E-state index is 0.293. The largest absolute Gasteiger partial charge is 0.383 e. The molecule has 0 spiro atoms. The highest BCUT2D eigenvalue weighted by Crippen LogP contribution is 2.37. The van der Waals surface area contributed by atoms with Gasteiger partial charge in [0.05, 0.1) is 35.7 Å². The molecule has 3 aromatic heterocycles. The van der Waals surface area contributed by atoms with Gasteiger partial charge in [0.1, 0.15) is 23.7 Å². The first kappa shape index (κ1) is 22.4. The molecule has 2 aromatic carbocycles. The molecular weight excluding hydrogens is 464 g/mol. The molecule has 7 rings (SSSR count). The van der Waals surface area contributed by atoms with Gasteiger partial charge in [-0.15, -0.1) is 0 Å². The van der Waals surface area contributed by atoms with Crippen LogP contribution in [0.2, 0.25) is 0 Å². The molecule has 0 atom stereocenters. The number of hydrogen-bond donors (Lipinski definition) is 2. The molecule has 0 bridgehead atoms. The van der Waals surface area contributed by atoms with Crippen molar-refractivity contribution in [1.29, 1.82) is 0 Å². The van der Waals surface area contributed by atoms with Crippen LogP contribution in [0.5, 0.6) is 0 Å². The van der Waals surface area contributed by atoms with Gasteiger partial charge in [-0.3, -0.25) is 4.90 Å². The SMILES string of the molecule is Nc1ncnc2c1c(-c1ccc3[nH]c(-c4ccccc4)nc3c1)nn2[C@H]1CC[C@H](N2CCOCC2)CC1. The number of fused-ring (bicyclic) bond motifs is 2. The average Bonchev–Trinajstić information content (AvgIpc) is 3.57.